The maximum absolute atomic E-state index is 12.7. The monoisotopic (exact) mass is 371 g/mol. The zero-order chi connectivity index (χ0) is 19.9. The van der Waals surface area contributed by atoms with Crippen LogP contribution < -0.4 is 10.1 Å². The number of ether oxygens (including phenoxy) is 1. The number of anilines is 1. The standard InChI is InChI=1S/C19H12F3N3O2/c20-19(21,22)15-2-1-3-16(11-15)25-18(26)14(12-24)10-13-4-6-17(7-5-13)27-9-8-23/h1-7,10-11H,9H2,(H,25,26)/b14-10+. The van der Waals surface area contributed by atoms with Gasteiger partial charge in [-0.15, -0.1) is 0 Å². The Hall–Kier alpha value is -3.78. The van der Waals surface area contributed by atoms with Gasteiger partial charge in [0.15, 0.2) is 6.61 Å². The molecule has 0 radical (unpaired) electrons. The molecule has 0 heterocycles. The lowest BCUT2D eigenvalue weighted by molar-refractivity contribution is -0.137. The van der Waals surface area contributed by atoms with E-state index in [0.717, 1.165) is 18.2 Å². The van der Waals surface area contributed by atoms with Gasteiger partial charge >= 0.3 is 6.18 Å². The van der Waals surface area contributed by atoms with E-state index in [0.29, 0.717) is 11.3 Å². The molecule has 5 nitrogen and oxygen atoms in total. The minimum Gasteiger partial charge on any atom is -0.479 e. The van der Waals surface area contributed by atoms with Crippen LogP contribution in [0, 0.1) is 22.7 Å². The Morgan fingerprint density at radius 1 is 1.15 bits per heavy atom. The third kappa shape index (κ3) is 5.62. The fourth-order valence-corrected chi connectivity index (χ4v) is 2.06. The van der Waals surface area contributed by atoms with E-state index in [1.807, 2.05) is 6.07 Å². The van der Waals surface area contributed by atoms with Crippen LogP contribution in [0.5, 0.6) is 5.75 Å². The van der Waals surface area contributed by atoms with E-state index in [1.54, 1.807) is 30.3 Å². The number of nitriles is 2. The van der Waals surface area contributed by atoms with Gasteiger partial charge in [0.1, 0.15) is 23.5 Å². The number of carbonyl (C=O) groups is 1. The average Bonchev–Trinajstić information content (AvgIpc) is 2.64. The van der Waals surface area contributed by atoms with Crippen LogP contribution in [0.25, 0.3) is 6.08 Å². The highest BCUT2D eigenvalue weighted by molar-refractivity contribution is 6.09. The van der Waals surface area contributed by atoms with Crippen molar-refractivity contribution in [3.63, 3.8) is 0 Å². The number of halogens is 3. The summed E-state index contributed by atoms with van der Waals surface area (Å²) >= 11 is 0. The molecule has 2 aromatic rings. The van der Waals surface area contributed by atoms with Gasteiger partial charge in [0, 0.05) is 5.69 Å². The van der Waals surface area contributed by atoms with Crippen molar-refractivity contribution in [3.05, 3.63) is 65.2 Å². The first-order chi connectivity index (χ1) is 12.8. The van der Waals surface area contributed by atoms with Gasteiger partial charge in [0.05, 0.1) is 5.56 Å². The molecular weight excluding hydrogens is 359 g/mol. The molecule has 0 aliphatic carbocycles. The summed E-state index contributed by atoms with van der Waals surface area (Å²) in [6.07, 6.45) is -3.25. The number of amides is 1. The van der Waals surface area contributed by atoms with Gasteiger partial charge in [-0.3, -0.25) is 4.79 Å². The lowest BCUT2D eigenvalue weighted by Crippen LogP contribution is -2.14. The van der Waals surface area contributed by atoms with Crippen molar-refractivity contribution in [1.29, 1.82) is 10.5 Å². The predicted molar refractivity (Wildman–Crippen MR) is 91.2 cm³/mol. The summed E-state index contributed by atoms with van der Waals surface area (Å²) in [4.78, 5) is 12.2. The Balaban J connectivity index is 2.15. The van der Waals surface area contributed by atoms with Crippen LogP contribution >= 0.6 is 0 Å². The highest BCUT2D eigenvalue weighted by atomic mass is 19.4. The first-order valence-corrected chi connectivity index (χ1v) is 7.53. The molecule has 0 atom stereocenters. The van der Waals surface area contributed by atoms with Crippen LogP contribution in [0.15, 0.2) is 54.1 Å². The largest absolute Gasteiger partial charge is 0.479 e. The maximum Gasteiger partial charge on any atom is 0.416 e. The van der Waals surface area contributed by atoms with Gasteiger partial charge in [0.2, 0.25) is 0 Å². The summed E-state index contributed by atoms with van der Waals surface area (Å²) in [6, 6.07) is 13.9. The summed E-state index contributed by atoms with van der Waals surface area (Å²) in [7, 11) is 0. The number of rotatable bonds is 5. The smallest absolute Gasteiger partial charge is 0.416 e. The number of hydrogen-bond donors (Lipinski definition) is 1. The Morgan fingerprint density at radius 3 is 2.44 bits per heavy atom. The highest BCUT2D eigenvalue weighted by Gasteiger charge is 2.30. The number of hydrogen-bond acceptors (Lipinski definition) is 4. The van der Waals surface area contributed by atoms with Crippen molar-refractivity contribution >= 4 is 17.7 Å². The van der Waals surface area contributed by atoms with Crippen molar-refractivity contribution in [1.82, 2.24) is 0 Å². The third-order valence-electron chi connectivity index (χ3n) is 3.31. The van der Waals surface area contributed by atoms with Crippen molar-refractivity contribution in [2.45, 2.75) is 6.18 Å². The first kappa shape index (κ1) is 19.5. The molecule has 8 heteroatoms. The van der Waals surface area contributed by atoms with E-state index in [-0.39, 0.29) is 17.9 Å². The molecular formula is C19H12F3N3O2. The first-order valence-electron chi connectivity index (χ1n) is 7.53. The topological polar surface area (TPSA) is 85.9 Å². The van der Waals surface area contributed by atoms with E-state index >= 15 is 0 Å². The third-order valence-corrected chi connectivity index (χ3v) is 3.31. The summed E-state index contributed by atoms with van der Waals surface area (Å²) < 4.78 is 43.3. The summed E-state index contributed by atoms with van der Waals surface area (Å²) in [6.45, 7) is -0.113. The van der Waals surface area contributed by atoms with Gasteiger partial charge in [-0.05, 0) is 42.0 Å². The molecule has 0 fully saturated rings. The number of carbonyl (C=O) groups excluding carboxylic acids is 1. The Labute approximate surface area is 152 Å². The second-order valence-electron chi connectivity index (χ2n) is 5.22. The number of benzene rings is 2. The van der Waals surface area contributed by atoms with Crippen molar-refractivity contribution < 1.29 is 22.7 Å². The lowest BCUT2D eigenvalue weighted by Gasteiger charge is -2.09. The molecule has 0 aliphatic rings. The number of alkyl halides is 3. The van der Waals surface area contributed by atoms with Gasteiger partial charge in [0.25, 0.3) is 5.91 Å². The van der Waals surface area contributed by atoms with Gasteiger partial charge < -0.3 is 10.1 Å². The molecule has 1 N–H and O–H groups in total. The van der Waals surface area contributed by atoms with Gasteiger partial charge in [-0.1, -0.05) is 18.2 Å². The van der Waals surface area contributed by atoms with Gasteiger partial charge in [-0.2, -0.15) is 23.7 Å². The molecule has 0 saturated heterocycles. The molecule has 136 valence electrons. The minimum atomic E-state index is -4.54. The Bertz CT molecular complexity index is 936. The van der Waals surface area contributed by atoms with Crippen LogP contribution in [0.3, 0.4) is 0 Å². The zero-order valence-electron chi connectivity index (χ0n) is 13.7. The van der Waals surface area contributed by atoms with Crippen LogP contribution in [-0.4, -0.2) is 12.5 Å². The fourth-order valence-electron chi connectivity index (χ4n) is 2.06. The van der Waals surface area contributed by atoms with Crippen LogP contribution in [-0.2, 0) is 11.0 Å². The van der Waals surface area contributed by atoms with Crippen molar-refractivity contribution in [2.75, 3.05) is 11.9 Å². The molecule has 0 unspecified atom stereocenters. The summed E-state index contributed by atoms with van der Waals surface area (Å²) in [5.74, 6) is -0.387. The zero-order valence-corrected chi connectivity index (χ0v) is 13.7. The molecule has 27 heavy (non-hydrogen) atoms. The molecule has 0 aliphatic heterocycles. The van der Waals surface area contributed by atoms with Gasteiger partial charge in [-0.25, -0.2) is 0 Å². The quantitative estimate of drug-likeness (QED) is 0.632. The second-order valence-corrected chi connectivity index (χ2v) is 5.22. The van der Waals surface area contributed by atoms with Crippen LogP contribution in [0.1, 0.15) is 11.1 Å². The normalized spacial score (nSPS) is 11.2. The molecule has 0 saturated carbocycles. The van der Waals surface area contributed by atoms with E-state index in [1.165, 1.54) is 12.1 Å². The van der Waals surface area contributed by atoms with E-state index in [4.69, 9.17) is 10.00 Å². The van der Waals surface area contributed by atoms with E-state index in [2.05, 4.69) is 5.32 Å². The number of nitrogens with one attached hydrogen (secondary N) is 1. The van der Waals surface area contributed by atoms with Crippen molar-refractivity contribution in [3.8, 4) is 17.9 Å². The highest BCUT2D eigenvalue weighted by Crippen LogP contribution is 2.30. The second kappa shape index (κ2) is 8.54. The molecule has 0 bridgehead atoms. The maximum atomic E-state index is 12.7. The predicted octanol–water partition coefficient (Wildman–Crippen LogP) is 4.15. The fraction of sp³-hybridized carbons (Fsp3) is 0.105. The number of nitrogens with zero attached hydrogens (tertiary/aromatic N) is 2. The van der Waals surface area contributed by atoms with E-state index in [9.17, 15) is 23.2 Å². The molecule has 2 aromatic carbocycles. The van der Waals surface area contributed by atoms with Crippen LogP contribution in [0.4, 0.5) is 18.9 Å². The van der Waals surface area contributed by atoms with E-state index < -0.39 is 17.6 Å². The molecule has 2 rings (SSSR count). The van der Waals surface area contributed by atoms with Crippen LogP contribution in [0.2, 0.25) is 0 Å². The molecule has 0 spiro atoms. The Kier molecular flexibility index (Phi) is 6.18. The van der Waals surface area contributed by atoms with Crippen molar-refractivity contribution in [2.24, 2.45) is 0 Å². The lowest BCUT2D eigenvalue weighted by atomic mass is 10.1. The SMILES string of the molecule is N#CCOc1ccc(/C=C(\C#N)C(=O)Nc2cccc(C(F)(F)F)c2)cc1. The average molecular weight is 371 g/mol. The Morgan fingerprint density at radius 2 is 1.85 bits per heavy atom. The minimum absolute atomic E-state index is 0.0729. The molecule has 0 aromatic heterocycles. The summed E-state index contributed by atoms with van der Waals surface area (Å²) in [5, 5.41) is 19.9. The molecule has 1 amide bonds. The summed E-state index contributed by atoms with van der Waals surface area (Å²) in [5.41, 5.74) is -0.750.